The highest BCUT2D eigenvalue weighted by atomic mass is 32.2. The number of piperidine rings is 1. The maximum Gasteiger partial charge on any atom is 0.358 e. The maximum atomic E-state index is 13.0. The second-order valence-electron chi connectivity index (χ2n) is 6.93. The zero-order valence-electron chi connectivity index (χ0n) is 16.7. The van der Waals surface area contributed by atoms with Crippen LogP contribution in [-0.2, 0) is 33.7 Å². The highest BCUT2D eigenvalue weighted by Gasteiger charge is 2.35. The molecule has 1 aliphatic heterocycles. The third-order valence-corrected chi connectivity index (χ3v) is 7.11. The van der Waals surface area contributed by atoms with Crippen molar-refractivity contribution in [2.24, 2.45) is 20.0 Å². The van der Waals surface area contributed by atoms with Crippen molar-refractivity contribution in [3.05, 3.63) is 23.8 Å². The largest absolute Gasteiger partial charge is 0.464 e. The van der Waals surface area contributed by atoms with E-state index in [1.54, 1.807) is 21.0 Å². The molecule has 1 N–H and O–H groups in total. The van der Waals surface area contributed by atoms with Crippen molar-refractivity contribution in [3.8, 4) is 0 Å². The number of anilines is 1. The summed E-state index contributed by atoms with van der Waals surface area (Å²) >= 11 is 0. The zero-order chi connectivity index (χ0) is 21.3. The first-order chi connectivity index (χ1) is 13.7. The van der Waals surface area contributed by atoms with Gasteiger partial charge in [-0.3, -0.25) is 14.2 Å². The van der Waals surface area contributed by atoms with E-state index in [1.807, 2.05) is 0 Å². The Bertz CT molecular complexity index is 1040. The Kier molecular flexibility index (Phi) is 5.75. The fourth-order valence-corrected chi connectivity index (χ4v) is 5.06. The predicted molar refractivity (Wildman–Crippen MR) is 103 cm³/mol. The Morgan fingerprint density at radius 2 is 1.90 bits per heavy atom. The number of aromatic nitrogens is 4. The molecule has 158 valence electrons. The molecule has 3 heterocycles. The lowest BCUT2D eigenvalue weighted by molar-refractivity contribution is -0.120. The van der Waals surface area contributed by atoms with Crippen LogP contribution in [0.4, 0.5) is 5.69 Å². The van der Waals surface area contributed by atoms with E-state index in [0.717, 1.165) is 0 Å². The van der Waals surface area contributed by atoms with Crippen molar-refractivity contribution in [1.29, 1.82) is 0 Å². The van der Waals surface area contributed by atoms with Gasteiger partial charge < -0.3 is 10.1 Å². The van der Waals surface area contributed by atoms with Crippen LogP contribution in [0.15, 0.2) is 17.3 Å². The van der Waals surface area contributed by atoms with Crippen LogP contribution in [0.1, 0.15) is 29.0 Å². The number of carbonyl (C=O) groups is 2. The van der Waals surface area contributed by atoms with Crippen molar-refractivity contribution < 1.29 is 22.7 Å². The minimum absolute atomic E-state index is 0.0519. The van der Waals surface area contributed by atoms with Gasteiger partial charge in [-0.2, -0.15) is 14.5 Å². The van der Waals surface area contributed by atoms with E-state index in [-0.39, 0.29) is 28.7 Å². The summed E-state index contributed by atoms with van der Waals surface area (Å²) in [6, 6.07) is 0. The molecule has 1 saturated heterocycles. The van der Waals surface area contributed by atoms with Gasteiger partial charge in [0.2, 0.25) is 15.9 Å². The topological polar surface area (TPSA) is 128 Å². The Labute approximate surface area is 168 Å². The van der Waals surface area contributed by atoms with Crippen LogP contribution in [0.3, 0.4) is 0 Å². The molecule has 0 aromatic carbocycles. The number of ether oxygens (including phenoxy) is 1. The minimum Gasteiger partial charge on any atom is -0.464 e. The van der Waals surface area contributed by atoms with Crippen LogP contribution in [0.25, 0.3) is 0 Å². The molecule has 1 fully saturated rings. The second-order valence-corrected chi connectivity index (χ2v) is 8.84. The molecule has 1 aliphatic rings. The van der Waals surface area contributed by atoms with Crippen LogP contribution in [0, 0.1) is 12.8 Å². The first-order valence-electron chi connectivity index (χ1n) is 9.06. The maximum absolute atomic E-state index is 13.0. The summed E-state index contributed by atoms with van der Waals surface area (Å²) in [5.41, 5.74) is 0.884. The number of esters is 1. The molecule has 29 heavy (non-hydrogen) atoms. The highest BCUT2D eigenvalue weighted by molar-refractivity contribution is 7.89. The summed E-state index contributed by atoms with van der Waals surface area (Å²) < 4.78 is 34.8. The summed E-state index contributed by atoms with van der Waals surface area (Å²) in [6.45, 7) is 2.07. The molecular formula is C17H24N6O5S. The fourth-order valence-electron chi connectivity index (χ4n) is 3.35. The van der Waals surface area contributed by atoms with Crippen molar-refractivity contribution in [1.82, 2.24) is 23.9 Å². The monoisotopic (exact) mass is 424 g/mol. The lowest BCUT2D eigenvalue weighted by Crippen LogP contribution is -2.43. The third kappa shape index (κ3) is 3.90. The van der Waals surface area contributed by atoms with Gasteiger partial charge in [-0.05, 0) is 19.8 Å². The van der Waals surface area contributed by atoms with Crippen molar-refractivity contribution in [2.45, 2.75) is 24.7 Å². The number of aryl methyl sites for hydroxylation is 2. The highest BCUT2D eigenvalue weighted by Crippen LogP contribution is 2.26. The van der Waals surface area contributed by atoms with Crippen LogP contribution >= 0.6 is 0 Å². The summed E-state index contributed by atoms with van der Waals surface area (Å²) in [5.74, 6) is -1.55. The zero-order valence-corrected chi connectivity index (χ0v) is 17.6. The first-order valence-corrected chi connectivity index (χ1v) is 10.5. The number of amides is 1. The number of nitrogens with one attached hydrogen (secondary N) is 1. The smallest absolute Gasteiger partial charge is 0.358 e. The molecule has 0 unspecified atom stereocenters. The number of carbonyl (C=O) groups excluding carboxylic acids is 2. The van der Waals surface area contributed by atoms with Gasteiger partial charge in [0.05, 0.1) is 36.8 Å². The summed E-state index contributed by atoms with van der Waals surface area (Å²) in [7, 11) is 0.725. The number of methoxy groups -OCH3 is 1. The quantitative estimate of drug-likeness (QED) is 0.683. The molecular weight excluding hydrogens is 400 g/mol. The normalized spacial score (nSPS) is 17.9. The molecule has 0 spiro atoms. The molecule has 0 radical (unpaired) electrons. The van der Waals surface area contributed by atoms with Gasteiger partial charge in [0.1, 0.15) is 4.90 Å². The first kappa shape index (κ1) is 21.0. The molecule has 11 nitrogen and oxygen atoms in total. The second kappa shape index (κ2) is 7.95. The van der Waals surface area contributed by atoms with Gasteiger partial charge >= 0.3 is 5.97 Å². The van der Waals surface area contributed by atoms with Gasteiger partial charge in [-0.1, -0.05) is 0 Å². The predicted octanol–water partition coefficient (Wildman–Crippen LogP) is 0.288. The van der Waals surface area contributed by atoms with Gasteiger partial charge in [-0.25, -0.2) is 13.2 Å². The van der Waals surface area contributed by atoms with Gasteiger partial charge in [0.25, 0.3) is 0 Å². The Hall–Kier alpha value is -2.73. The molecule has 3 rings (SSSR count). The molecule has 0 aliphatic carbocycles. The van der Waals surface area contributed by atoms with Crippen molar-refractivity contribution >= 4 is 27.6 Å². The molecule has 2 aromatic heterocycles. The number of sulfonamides is 1. The number of nitrogens with zero attached hydrogens (tertiary/aromatic N) is 5. The standard InChI is InChI=1S/C17H24N6O5S/c1-11-14(9-19-21(11)2)29(26,27)23-7-5-6-12(10-23)16(24)20-13-8-18-22(3)15(13)17(25)28-4/h8-9,12H,5-7,10H2,1-4H3,(H,20,24)/t12-/m1/s1. The van der Waals surface area contributed by atoms with Gasteiger partial charge in [-0.15, -0.1) is 0 Å². The average Bonchev–Trinajstić information content (AvgIpc) is 3.23. The van der Waals surface area contributed by atoms with Crippen molar-refractivity contribution in [2.75, 3.05) is 25.5 Å². The Morgan fingerprint density at radius 1 is 1.21 bits per heavy atom. The van der Waals surface area contributed by atoms with Crippen molar-refractivity contribution in [3.63, 3.8) is 0 Å². The third-order valence-electron chi connectivity index (χ3n) is 5.14. The molecule has 2 aromatic rings. The Balaban J connectivity index is 1.77. The van der Waals surface area contributed by atoms with E-state index in [1.165, 1.54) is 33.2 Å². The number of rotatable bonds is 5. The van der Waals surface area contributed by atoms with E-state index in [9.17, 15) is 18.0 Å². The van der Waals surface area contributed by atoms with E-state index in [4.69, 9.17) is 4.74 Å². The van der Waals surface area contributed by atoms with E-state index >= 15 is 0 Å². The minimum atomic E-state index is -3.75. The van der Waals surface area contributed by atoms with E-state index in [0.29, 0.717) is 25.1 Å². The fraction of sp³-hybridized carbons (Fsp3) is 0.529. The van der Waals surface area contributed by atoms with Crippen LogP contribution in [-0.4, -0.2) is 64.4 Å². The summed E-state index contributed by atoms with van der Waals surface area (Å²) in [4.78, 5) is 24.8. The molecule has 1 amide bonds. The Morgan fingerprint density at radius 3 is 2.52 bits per heavy atom. The van der Waals surface area contributed by atoms with Gasteiger partial charge in [0.15, 0.2) is 5.69 Å². The van der Waals surface area contributed by atoms with Gasteiger partial charge in [0, 0.05) is 27.2 Å². The lowest BCUT2D eigenvalue weighted by atomic mass is 9.99. The van der Waals surface area contributed by atoms with E-state index < -0.39 is 21.9 Å². The molecule has 12 heteroatoms. The van der Waals surface area contributed by atoms with Crippen LogP contribution < -0.4 is 5.32 Å². The molecule has 0 saturated carbocycles. The van der Waals surface area contributed by atoms with E-state index in [2.05, 4.69) is 15.5 Å². The SMILES string of the molecule is COC(=O)c1c(NC(=O)[C@@H]2CCCN(S(=O)(=O)c3cnn(C)c3C)C2)cnn1C. The average molecular weight is 424 g/mol. The lowest BCUT2D eigenvalue weighted by Gasteiger charge is -2.31. The summed E-state index contributed by atoms with van der Waals surface area (Å²) in [6.07, 6.45) is 3.78. The van der Waals surface area contributed by atoms with Crippen LogP contribution in [0.2, 0.25) is 0 Å². The molecule has 0 bridgehead atoms. The molecule has 1 atom stereocenters. The number of hydrogen-bond acceptors (Lipinski definition) is 7. The summed E-state index contributed by atoms with van der Waals surface area (Å²) in [5, 5.41) is 10.7. The number of hydrogen-bond donors (Lipinski definition) is 1. The van der Waals surface area contributed by atoms with Crippen LogP contribution in [0.5, 0.6) is 0 Å².